The lowest BCUT2D eigenvalue weighted by Gasteiger charge is -2.24. The third-order valence-corrected chi connectivity index (χ3v) is 4.48. The normalized spacial score (nSPS) is 11.0. The number of nitrogens with zero attached hydrogens (tertiary/aromatic N) is 1. The summed E-state index contributed by atoms with van der Waals surface area (Å²) in [4.78, 5) is 11.6. The first-order valence-corrected chi connectivity index (χ1v) is 8.60. The quantitative estimate of drug-likeness (QED) is 0.779. The zero-order valence-electron chi connectivity index (χ0n) is 12.1. The van der Waals surface area contributed by atoms with Gasteiger partial charge in [-0.3, -0.25) is 9.10 Å². The lowest BCUT2D eigenvalue weighted by atomic mass is 10.2. The van der Waals surface area contributed by atoms with Crippen LogP contribution in [0.2, 0.25) is 5.02 Å². The Morgan fingerprint density at radius 1 is 1.48 bits per heavy atom. The van der Waals surface area contributed by atoms with Gasteiger partial charge in [-0.05, 0) is 24.6 Å². The number of amides is 1. The molecule has 116 valence electrons. The average Bonchev–Trinajstić information content (AvgIpc) is 2.39. The second kappa shape index (κ2) is 7.47. The third-order valence-electron chi connectivity index (χ3n) is 2.89. The maximum Gasteiger partial charge on any atom is 0.232 e. The minimum atomic E-state index is -3.50. The van der Waals surface area contributed by atoms with Crippen LogP contribution in [0.15, 0.2) is 30.9 Å². The number of anilines is 1. The molecule has 0 bridgehead atoms. The number of benzene rings is 1. The molecular weight excluding hydrogens is 312 g/mol. The number of carbonyl (C=O) groups is 1. The van der Waals surface area contributed by atoms with Gasteiger partial charge in [0.15, 0.2) is 0 Å². The molecule has 0 spiro atoms. The molecule has 0 unspecified atom stereocenters. The van der Waals surface area contributed by atoms with E-state index in [-0.39, 0.29) is 18.9 Å². The molecule has 7 heteroatoms. The predicted molar refractivity (Wildman–Crippen MR) is 86.2 cm³/mol. The van der Waals surface area contributed by atoms with Crippen molar-refractivity contribution in [2.45, 2.75) is 13.3 Å². The summed E-state index contributed by atoms with van der Waals surface area (Å²) in [6, 6.07) is 5.04. The van der Waals surface area contributed by atoms with Gasteiger partial charge in [-0.1, -0.05) is 23.7 Å². The Kier molecular flexibility index (Phi) is 6.23. The van der Waals surface area contributed by atoms with Crippen LogP contribution in [0.5, 0.6) is 0 Å². The Balaban J connectivity index is 2.95. The summed E-state index contributed by atoms with van der Waals surface area (Å²) < 4.78 is 25.1. The standard InChI is InChI=1S/C14H19ClN2O3S/c1-4-9-16-14(18)8-10-17(21(3,19)20)13-7-5-6-12(15)11(13)2/h4-7H,1,8-10H2,2-3H3,(H,16,18). The molecule has 1 N–H and O–H groups in total. The van der Waals surface area contributed by atoms with E-state index < -0.39 is 10.0 Å². The summed E-state index contributed by atoms with van der Waals surface area (Å²) in [7, 11) is -3.50. The Morgan fingerprint density at radius 2 is 2.14 bits per heavy atom. The van der Waals surface area contributed by atoms with E-state index in [9.17, 15) is 13.2 Å². The van der Waals surface area contributed by atoms with Gasteiger partial charge in [0, 0.05) is 24.5 Å². The number of hydrogen-bond acceptors (Lipinski definition) is 3. The SMILES string of the molecule is C=CCNC(=O)CCN(c1cccc(Cl)c1C)S(C)(=O)=O. The summed E-state index contributed by atoms with van der Waals surface area (Å²) in [6.45, 7) is 5.66. The highest BCUT2D eigenvalue weighted by atomic mass is 35.5. The van der Waals surface area contributed by atoms with Crippen LogP contribution < -0.4 is 9.62 Å². The smallest absolute Gasteiger partial charge is 0.232 e. The first-order chi connectivity index (χ1) is 9.77. The van der Waals surface area contributed by atoms with Crippen molar-refractivity contribution in [1.29, 1.82) is 0 Å². The van der Waals surface area contributed by atoms with Crippen molar-refractivity contribution in [2.24, 2.45) is 0 Å². The maximum atomic E-state index is 12.0. The molecule has 0 aromatic heterocycles. The van der Waals surface area contributed by atoms with Crippen LogP contribution in [-0.4, -0.2) is 33.7 Å². The Morgan fingerprint density at radius 3 is 2.71 bits per heavy atom. The van der Waals surface area contributed by atoms with Crippen molar-refractivity contribution in [3.63, 3.8) is 0 Å². The molecule has 0 saturated carbocycles. The number of hydrogen-bond donors (Lipinski definition) is 1. The summed E-state index contributed by atoms with van der Waals surface area (Å²) in [6.07, 6.45) is 2.73. The molecule has 0 aliphatic heterocycles. The number of rotatable bonds is 7. The number of halogens is 1. The minimum absolute atomic E-state index is 0.0585. The van der Waals surface area contributed by atoms with E-state index in [4.69, 9.17) is 11.6 Å². The van der Waals surface area contributed by atoms with Gasteiger partial charge >= 0.3 is 0 Å². The van der Waals surface area contributed by atoms with E-state index in [1.165, 1.54) is 4.31 Å². The monoisotopic (exact) mass is 330 g/mol. The van der Waals surface area contributed by atoms with Crippen molar-refractivity contribution in [2.75, 3.05) is 23.7 Å². The van der Waals surface area contributed by atoms with Crippen LogP contribution in [0, 0.1) is 6.92 Å². The average molecular weight is 331 g/mol. The first-order valence-electron chi connectivity index (χ1n) is 6.37. The van der Waals surface area contributed by atoms with E-state index in [1.807, 2.05) is 0 Å². The van der Waals surface area contributed by atoms with E-state index in [2.05, 4.69) is 11.9 Å². The van der Waals surface area contributed by atoms with E-state index in [0.717, 1.165) is 6.26 Å². The van der Waals surface area contributed by atoms with Crippen molar-refractivity contribution in [3.05, 3.63) is 41.4 Å². The predicted octanol–water partition coefficient (Wildman–Crippen LogP) is 2.11. The van der Waals surface area contributed by atoms with Gasteiger partial charge < -0.3 is 5.32 Å². The lowest BCUT2D eigenvalue weighted by molar-refractivity contribution is -0.120. The number of carbonyl (C=O) groups excluding carboxylic acids is 1. The molecule has 0 aliphatic carbocycles. The Hall–Kier alpha value is -1.53. The molecule has 0 atom stereocenters. The zero-order valence-corrected chi connectivity index (χ0v) is 13.7. The van der Waals surface area contributed by atoms with Crippen molar-refractivity contribution < 1.29 is 13.2 Å². The molecule has 0 fully saturated rings. The lowest BCUT2D eigenvalue weighted by Crippen LogP contribution is -2.35. The van der Waals surface area contributed by atoms with E-state index >= 15 is 0 Å². The Bertz CT molecular complexity index is 629. The van der Waals surface area contributed by atoms with Crippen molar-refractivity contribution >= 4 is 33.2 Å². The summed E-state index contributed by atoms with van der Waals surface area (Å²) in [5.74, 6) is -0.233. The fourth-order valence-corrected chi connectivity index (χ4v) is 2.96. The molecule has 1 rings (SSSR count). The van der Waals surface area contributed by atoms with E-state index in [0.29, 0.717) is 22.8 Å². The van der Waals surface area contributed by atoms with Crippen LogP contribution >= 0.6 is 11.6 Å². The van der Waals surface area contributed by atoms with Crippen LogP contribution in [0.1, 0.15) is 12.0 Å². The highest BCUT2D eigenvalue weighted by Crippen LogP contribution is 2.28. The fourth-order valence-electron chi connectivity index (χ4n) is 1.81. The maximum absolute atomic E-state index is 12.0. The largest absolute Gasteiger partial charge is 0.353 e. The molecule has 0 saturated heterocycles. The molecule has 21 heavy (non-hydrogen) atoms. The highest BCUT2D eigenvalue weighted by Gasteiger charge is 2.20. The van der Waals surface area contributed by atoms with Gasteiger partial charge in [-0.15, -0.1) is 6.58 Å². The number of nitrogens with one attached hydrogen (secondary N) is 1. The van der Waals surface area contributed by atoms with Crippen LogP contribution in [0.4, 0.5) is 5.69 Å². The van der Waals surface area contributed by atoms with Gasteiger partial charge in [0.1, 0.15) is 0 Å². The Labute approximate surface area is 130 Å². The molecule has 1 aromatic rings. The van der Waals surface area contributed by atoms with Gasteiger partial charge in [-0.25, -0.2) is 8.42 Å². The molecule has 0 heterocycles. The van der Waals surface area contributed by atoms with Crippen LogP contribution in [-0.2, 0) is 14.8 Å². The number of sulfonamides is 1. The summed E-state index contributed by atoms with van der Waals surface area (Å²) in [5, 5.41) is 3.10. The summed E-state index contributed by atoms with van der Waals surface area (Å²) in [5.41, 5.74) is 1.15. The molecule has 0 radical (unpaired) electrons. The minimum Gasteiger partial charge on any atom is -0.353 e. The first kappa shape index (κ1) is 17.5. The second-order valence-electron chi connectivity index (χ2n) is 4.56. The van der Waals surface area contributed by atoms with Crippen molar-refractivity contribution in [1.82, 2.24) is 5.32 Å². The van der Waals surface area contributed by atoms with Crippen LogP contribution in [0.3, 0.4) is 0 Å². The van der Waals surface area contributed by atoms with Crippen LogP contribution in [0.25, 0.3) is 0 Å². The fraction of sp³-hybridized carbons (Fsp3) is 0.357. The molecule has 1 aromatic carbocycles. The third kappa shape index (κ3) is 5.06. The van der Waals surface area contributed by atoms with E-state index in [1.54, 1.807) is 31.2 Å². The molecule has 1 amide bonds. The van der Waals surface area contributed by atoms with Gasteiger partial charge in [0.05, 0.1) is 11.9 Å². The zero-order chi connectivity index (χ0) is 16.0. The molecular formula is C14H19ClN2O3S. The van der Waals surface area contributed by atoms with Gasteiger partial charge in [0.25, 0.3) is 0 Å². The van der Waals surface area contributed by atoms with Gasteiger partial charge in [0.2, 0.25) is 15.9 Å². The summed E-state index contributed by atoms with van der Waals surface area (Å²) >= 11 is 6.03. The topological polar surface area (TPSA) is 66.5 Å². The second-order valence-corrected chi connectivity index (χ2v) is 6.88. The van der Waals surface area contributed by atoms with Crippen molar-refractivity contribution in [3.8, 4) is 0 Å². The molecule has 5 nitrogen and oxygen atoms in total. The van der Waals surface area contributed by atoms with Gasteiger partial charge in [-0.2, -0.15) is 0 Å². The highest BCUT2D eigenvalue weighted by molar-refractivity contribution is 7.92. The molecule has 0 aliphatic rings.